The standard InChI is InChI=1S/C15H13F3N2OS2/c1-22-11-5-2-4-10(8-11)20-13(21)12-6-3-7-19-14(12)23-9-15(16,17)18/h2-8H,9H2,1H3,(H,20,21). The van der Waals surface area contributed by atoms with Gasteiger partial charge in [0.2, 0.25) is 0 Å². The third-order valence-corrected chi connectivity index (χ3v) is 4.51. The number of nitrogens with one attached hydrogen (secondary N) is 1. The van der Waals surface area contributed by atoms with E-state index in [-0.39, 0.29) is 10.6 Å². The third kappa shape index (κ3) is 5.47. The summed E-state index contributed by atoms with van der Waals surface area (Å²) in [5.74, 6) is -1.58. The molecule has 1 aromatic carbocycles. The molecule has 0 bridgehead atoms. The zero-order valence-electron chi connectivity index (χ0n) is 12.1. The maximum absolute atomic E-state index is 12.4. The molecule has 0 aliphatic heterocycles. The number of thioether (sulfide) groups is 2. The summed E-state index contributed by atoms with van der Waals surface area (Å²) in [4.78, 5) is 17.2. The largest absolute Gasteiger partial charge is 0.398 e. The van der Waals surface area contributed by atoms with Crippen LogP contribution in [0, 0.1) is 0 Å². The minimum Gasteiger partial charge on any atom is -0.322 e. The average Bonchev–Trinajstić information content (AvgIpc) is 2.52. The van der Waals surface area contributed by atoms with Crippen LogP contribution in [0.5, 0.6) is 0 Å². The molecule has 0 aliphatic rings. The molecule has 0 saturated carbocycles. The molecule has 0 spiro atoms. The van der Waals surface area contributed by atoms with Crippen LogP contribution in [-0.4, -0.2) is 29.1 Å². The van der Waals surface area contributed by atoms with Gasteiger partial charge in [0.25, 0.3) is 5.91 Å². The third-order valence-electron chi connectivity index (χ3n) is 2.72. The van der Waals surface area contributed by atoms with E-state index in [0.29, 0.717) is 17.4 Å². The number of hydrogen-bond donors (Lipinski definition) is 1. The first-order valence-electron chi connectivity index (χ1n) is 6.49. The topological polar surface area (TPSA) is 42.0 Å². The number of rotatable bonds is 5. The Labute approximate surface area is 140 Å². The summed E-state index contributed by atoms with van der Waals surface area (Å²) in [7, 11) is 0. The molecular weight excluding hydrogens is 345 g/mol. The lowest BCUT2D eigenvalue weighted by atomic mass is 10.2. The van der Waals surface area contributed by atoms with Gasteiger partial charge >= 0.3 is 6.18 Å². The van der Waals surface area contributed by atoms with Gasteiger partial charge in [-0.05, 0) is 36.6 Å². The lowest BCUT2D eigenvalue weighted by Crippen LogP contribution is -2.15. The van der Waals surface area contributed by atoms with Crippen LogP contribution < -0.4 is 5.32 Å². The molecule has 3 nitrogen and oxygen atoms in total. The van der Waals surface area contributed by atoms with Crippen LogP contribution in [0.1, 0.15) is 10.4 Å². The van der Waals surface area contributed by atoms with Gasteiger partial charge < -0.3 is 5.32 Å². The van der Waals surface area contributed by atoms with Gasteiger partial charge in [-0.25, -0.2) is 4.98 Å². The fourth-order valence-corrected chi connectivity index (χ4v) is 2.94. The number of benzene rings is 1. The first kappa shape index (κ1) is 17.7. The van der Waals surface area contributed by atoms with Crippen molar-refractivity contribution in [3.63, 3.8) is 0 Å². The summed E-state index contributed by atoms with van der Waals surface area (Å²) in [6, 6.07) is 10.2. The molecule has 23 heavy (non-hydrogen) atoms. The Balaban J connectivity index is 2.15. The van der Waals surface area contributed by atoms with Crippen molar-refractivity contribution in [1.82, 2.24) is 4.98 Å². The Morgan fingerprint density at radius 3 is 2.74 bits per heavy atom. The van der Waals surface area contributed by atoms with Crippen molar-refractivity contribution < 1.29 is 18.0 Å². The van der Waals surface area contributed by atoms with Gasteiger partial charge in [0.15, 0.2) is 0 Å². The predicted octanol–water partition coefficient (Wildman–Crippen LogP) is 4.71. The van der Waals surface area contributed by atoms with E-state index in [0.717, 1.165) is 4.90 Å². The quantitative estimate of drug-likeness (QED) is 0.786. The zero-order valence-corrected chi connectivity index (χ0v) is 13.7. The van der Waals surface area contributed by atoms with Crippen molar-refractivity contribution in [2.24, 2.45) is 0 Å². The highest BCUT2D eigenvalue weighted by Crippen LogP contribution is 2.28. The Morgan fingerprint density at radius 1 is 1.26 bits per heavy atom. The van der Waals surface area contributed by atoms with Crippen LogP contribution in [-0.2, 0) is 0 Å². The van der Waals surface area contributed by atoms with Gasteiger partial charge in [0, 0.05) is 16.8 Å². The van der Waals surface area contributed by atoms with Crippen molar-refractivity contribution in [3.8, 4) is 0 Å². The Hall–Kier alpha value is -1.67. The van der Waals surface area contributed by atoms with E-state index >= 15 is 0 Å². The summed E-state index contributed by atoms with van der Waals surface area (Å²) in [5.41, 5.74) is 0.703. The fraction of sp³-hybridized carbons (Fsp3) is 0.200. The fourth-order valence-electron chi connectivity index (χ4n) is 1.73. The second-order valence-electron chi connectivity index (χ2n) is 4.45. The molecule has 0 aliphatic carbocycles. The Morgan fingerprint density at radius 2 is 2.04 bits per heavy atom. The molecule has 1 heterocycles. The molecule has 0 radical (unpaired) electrons. The van der Waals surface area contributed by atoms with Crippen LogP contribution >= 0.6 is 23.5 Å². The van der Waals surface area contributed by atoms with Crippen molar-refractivity contribution in [2.45, 2.75) is 16.1 Å². The van der Waals surface area contributed by atoms with Crippen molar-refractivity contribution in [2.75, 3.05) is 17.3 Å². The number of alkyl halides is 3. The molecule has 2 aromatic rings. The number of pyridine rings is 1. The number of aromatic nitrogens is 1. The number of carbonyl (C=O) groups excluding carboxylic acids is 1. The van der Waals surface area contributed by atoms with Crippen molar-refractivity contribution >= 4 is 35.1 Å². The Bertz CT molecular complexity index is 692. The van der Waals surface area contributed by atoms with E-state index in [1.165, 1.54) is 30.1 Å². The van der Waals surface area contributed by atoms with Gasteiger partial charge in [-0.15, -0.1) is 11.8 Å². The zero-order chi connectivity index (χ0) is 16.9. The molecule has 2 rings (SSSR count). The molecule has 0 unspecified atom stereocenters. The summed E-state index contributed by atoms with van der Waals surface area (Å²) in [6.07, 6.45) is -1.04. The van der Waals surface area contributed by atoms with Gasteiger partial charge in [-0.3, -0.25) is 4.79 Å². The number of halogens is 3. The monoisotopic (exact) mass is 358 g/mol. The molecule has 0 fully saturated rings. The lowest BCUT2D eigenvalue weighted by molar-refractivity contribution is -0.105. The molecule has 1 aromatic heterocycles. The summed E-state index contributed by atoms with van der Waals surface area (Å²) in [5, 5.41) is 2.74. The van der Waals surface area contributed by atoms with Crippen LogP contribution in [0.15, 0.2) is 52.5 Å². The minimum atomic E-state index is -4.32. The summed E-state index contributed by atoms with van der Waals surface area (Å²) >= 11 is 2.03. The van der Waals surface area contributed by atoms with E-state index in [1.54, 1.807) is 18.2 Å². The second-order valence-corrected chi connectivity index (χ2v) is 6.29. The predicted molar refractivity (Wildman–Crippen MR) is 87.2 cm³/mol. The first-order valence-corrected chi connectivity index (χ1v) is 8.70. The van der Waals surface area contributed by atoms with Crippen LogP contribution in [0.3, 0.4) is 0 Å². The number of carbonyl (C=O) groups is 1. The Kier molecular flexibility index (Phi) is 5.95. The van der Waals surface area contributed by atoms with Gasteiger partial charge in [0.1, 0.15) is 5.03 Å². The second kappa shape index (κ2) is 7.74. The van der Waals surface area contributed by atoms with Crippen LogP contribution in [0.2, 0.25) is 0 Å². The van der Waals surface area contributed by atoms with E-state index in [9.17, 15) is 18.0 Å². The number of anilines is 1. The minimum absolute atomic E-state index is 0.0587. The van der Waals surface area contributed by atoms with Crippen LogP contribution in [0.25, 0.3) is 0 Å². The van der Waals surface area contributed by atoms with Gasteiger partial charge in [0.05, 0.1) is 11.3 Å². The number of hydrogen-bond acceptors (Lipinski definition) is 4. The number of nitrogens with zero attached hydrogens (tertiary/aromatic N) is 1. The van der Waals surface area contributed by atoms with E-state index < -0.39 is 17.8 Å². The summed E-state index contributed by atoms with van der Waals surface area (Å²) < 4.78 is 37.1. The molecule has 1 N–H and O–H groups in total. The highest BCUT2D eigenvalue weighted by Gasteiger charge is 2.28. The van der Waals surface area contributed by atoms with Crippen molar-refractivity contribution in [3.05, 3.63) is 48.2 Å². The highest BCUT2D eigenvalue weighted by atomic mass is 32.2. The van der Waals surface area contributed by atoms with E-state index in [4.69, 9.17) is 0 Å². The smallest absolute Gasteiger partial charge is 0.322 e. The SMILES string of the molecule is CSc1cccc(NC(=O)c2cccnc2SCC(F)(F)F)c1. The van der Waals surface area contributed by atoms with Gasteiger partial charge in [-0.1, -0.05) is 17.8 Å². The summed E-state index contributed by atoms with van der Waals surface area (Å²) in [6.45, 7) is 0. The lowest BCUT2D eigenvalue weighted by Gasteiger charge is -2.10. The first-order chi connectivity index (χ1) is 10.9. The van der Waals surface area contributed by atoms with Crippen LogP contribution in [0.4, 0.5) is 18.9 Å². The number of amides is 1. The van der Waals surface area contributed by atoms with E-state index in [2.05, 4.69) is 10.3 Å². The maximum atomic E-state index is 12.4. The average molecular weight is 358 g/mol. The molecule has 0 saturated heterocycles. The molecule has 122 valence electrons. The normalized spacial score (nSPS) is 11.3. The molecule has 0 atom stereocenters. The highest BCUT2D eigenvalue weighted by molar-refractivity contribution is 7.99. The van der Waals surface area contributed by atoms with Crippen molar-refractivity contribution in [1.29, 1.82) is 0 Å². The maximum Gasteiger partial charge on any atom is 0.398 e. The molecule has 8 heteroatoms. The molecule has 1 amide bonds. The molecular formula is C15H13F3N2OS2. The van der Waals surface area contributed by atoms with Gasteiger partial charge in [-0.2, -0.15) is 13.2 Å². The van der Waals surface area contributed by atoms with E-state index in [1.807, 2.05) is 12.3 Å².